The van der Waals surface area contributed by atoms with Crippen LogP contribution in [0, 0.1) is 0 Å². The number of nitrogens with two attached hydrogens (primary N) is 1. The number of nitrogens with zero attached hydrogens (tertiary/aromatic N) is 1. The van der Waals surface area contributed by atoms with E-state index in [1.807, 2.05) is 18.2 Å². The number of carbonyl (C=O) groups is 2. The molecule has 0 aliphatic heterocycles. The molecule has 1 unspecified atom stereocenters. The average molecular weight is 448 g/mol. The summed E-state index contributed by atoms with van der Waals surface area (Å²) in [6.07, 6.45) is 0.826. The van der Waals surface area contributed by atoms with Gasteiger partial charge in [0, 0.05) is 18.2 Å². The first-order valence-electron chi connectivity index (χ1n) is 10.2. The zero-order chi connectivity index (χ0) is 22.8. The second-order valence-corrected chi connectivity index (χ2v) is 7.43. The normalized spacial score (nSPS) is 11.8. The molecule has 0 bridgehead atoms. The first kappa shape index (κ1) is 24.5. The fourth-order valence-corrected chi connectivity index (χ4v) is 3.67. The van der Waals surface area contributed by atoms with Crippen LogP contribution < -0.4 is 20.5 Å². The van der Waals surface area contributed by atoms with Gasteiger partial charge in [-0.3, -0.25) is 14.5 Å². The fraction of sp³-hybridized carbons (Fsp3) is 0.391. The van der Waals surface area contributed by atoms with E-state index in [-0.39, 0.29) is 35.1 Å². The number of hydrogen-bond donors (Lipinski definition) is 2. The van der Waals surface area contributed by atoms with Gasteiger partial charge in [0.1, 0.15) is 0 Å². The van der Waals surface area contributed by atoms with Crippen molar-refractivity contribution >= 4 is 23.4 Å². The molecule has 3 N–H and O–H groups in total. The number of carbonyl (C=O) groups excluding carboxylic acids is 2. The number of amides is 2. The van der Waals surface area contributed by atoms with Gasteiger partial charge in [-0.15, -0.1) is 0 Å². The van der Waals surface area contributed by atoms with Gasteiger partial charge in [-0.25, -0.2) is 0 Å². The second-order valence-electron chi connectivity index (χ2n) is 7.02. The predicted octanol–water partition coefficient (Wildman–Crippen LogP) is 2.90. The van der Waals surface area contributed by atoms with Crippen LogP contribution in [-0.2, 0) is 11.2 Å². The Hall–Kier alpha value is -2.77. The van der Waals surface area contributed by atoms with Crippen molar-refractivity contribution in [2.75, 3.05) is 33.4 Å². The highest BCUT2D eigenvalue weighted by atomic mass is 35.5. The fourth-order valence-electron chi connectivity index (χ4n) is 3.40. The van der Waals surface area contributed by atoms with Crippen molar-refractivity contribution in [2.45, 2.75) is 26.3 Å². The molecule has 1 atom stereocenters. The summed E-state index contributed by atoms with van der Waals surface area (Å²) in [5.41, 5.74) is 6.67. The minimum Gasteiger partial charge on any atom is -0.493 e. The molecule has 2 aromatic carbocycles. The van der Waals surface area contributed by atoms with Crippen LogP contribution in [0.5, 0.6) is 11.5 Å². The Balaban J connectivity index is 2.14. The Labute approximate surface area is 188 Å². The summed E-state index contributed by atoms with van der Waals surface area (Å²) >= 11 is 6.26. The molecule has 0 saturated carbocycles. The number of ether oxygens (including phenoxy) is 2. The van der Waals surface area contributed by atoms with E-state index in [0.29, 0.717) is 12.1 Å². The van der Waals surface area contributed by atoms with Crippen molar-refractivity contribution in [2.24, 2.45) is 5.73 Å². The number of primary amides is 1. The van der Waals surface area contributed by atoms with E-state index in [2.05, 4.69) is 36.2 Å². The number of benzene rings is 2. The van der Waals surface area contributed by atoms with E-state index in [9.17, 15) is 9.59 Å². The van der Waals surface area contributed by atoms with Crippen molar-refractivity contribution in [1.82, 2.24) is 10.2 Å². The van der Waals surface area contributed by atoms with E-state index in [0.717, 1.165) is 19.5 Å². The molecule has 0 heterocycles. The zero-order valence-corrected chi connectivity index (χ0v) is 18.9. The van der Waals surface area contributed by atoms with Crippen molar-refractivity contribution in [1.29, 1.82) is 0 Å². The maximum absolute atomic E-state index is 12.8. The first-order chi connectivity index (χ1) is 14.9. The van der Waals surface area contributed by atoms with Crippen molar-refractivity contribution in [3.63, 3.8) is 0 Å². The van der Waals surface area contributed by atoms with Crippen LogP contribution in [0.25, 0.3) is 0 Å². The molecule has 31 heavy (non-hydrogen) atoms. The minimum absolute atomic E-state index is 0.150. The molecule has 2 amide bonds. The van der Waals surface area contributed by atoms with Crippen molar-refractivity contribution < 1.29 is 19.1 Å². The lowest BCUT2D eigenvalue weighted by Crippen LogP contribution is -2.45. The Morgan fingerprint density at radius 1 is 1.16 bits per heavy atom. The summed E-state index contributed by atoms with van der Waals surface area (Å²) in [7, 11) is 1.43. The van der Waals surface area contributed by atoms with Crippen molar-refractivity contribution in [3.8, 4) is 11.5 Å². The zero-order valence-electron chi connectivity index (χ0n) is 18.2. The molecule has 2 aromatic rings. The number of methoxy groups -OCH3 is 1. The lowest BCUT2D eigenvalue weighted by molar-refractivity contribution is -0.119. The highest BCUT2D eigenvalue weighted by Crippen LogP contribution is 2.36. The smallest absolute Gasteiger partial charge is 0.255 e. The van der Waals surface area contributed by atoms with Gasteiger partial charge in [0.05, 0.1) is 12.1 Å². The largest absolute Gasteiger partial charge is 0.493 e. The second kappa shape index (κ2) is 12.2. The van der Waals surface area contributed by atoms with Crippen LogP contribution in [-0.4, -0.2) is 56.1 Å². The van der Waals surface area contributed by atoms with Gasteiger partial charge in [-0.05, 0) is 37.2 Å². The van der Waals surface area contributed by atoms with Crippen molar-refractivity contribution in [3.05, 3.63) is 58.6 Å². The molecule has 7 nitrogen and oxygen atoms in total. The summed E-state index contributed by atoms with van der Waals surface area (Å²) in [6.45, 7) is 6.13. The molecule has 0 aromatic heterocycles. The third-order valence-corrected chi connectivity index (χ3v) is 5.27. The Kier molecular flexibility index (Phi) is 9.62. The molecular weight excluding hydrogens is 418 g/mol. The van der Waals surface area contributed by atoms with Gasteiger partial charge in [-0.2, -0.15) is 0 Å². The van der Waals surface area contributed by atoms with E-state index in [1.54, 1.807) is 0 Å². The van der Waals surface area contributed by atoms with E-state index in [4.69, 9.17) is 26.8 Å². The molecule has 0 saturated heterocycles. The number of rotatable bonds is 12. The molecule has 0 fully saturated rings. The van der Waals surface area contributed by atoms with E-state index < -0.39 is 5.91 Å². The lowest BCUT2D eigenvalue weighted by atomic mass is 10.0. The van der Waals surface area contributed by atoms with Gasteiger partial charge in [0.2, 0.25) is 0 Å². The SMILES string of the molecule is CCN(CC)C(CNC(=O)c1cc(Cl)c(OCC(N)=O)c(OC)c1)Cc1ccccc1. The monoisotopic (exact) mass is 447 g/mol. The third-order valence-electron chi connectivity index (χ3n) is 4.99. The highest BCUT2D eigenvalue weighted by molar-refractivity contribution is 6.32. The van der Waals surface area contributed by atoms with E-state index in [1.165, 1.54) is 24.8 Å². The highest BCUT2D eigenvalue weighted by Gasteiger charge is 2.20. The van der Waals surface area contributed by atoms with Crippen LogP contribution in [0.15, 0.2) is 42.5 Å². The molecule has 0 spiro atoms. The van der Waals surface area contributed by atoms with Crippen LogP contribution in [0.2, 0.25) is 5.02 Å². The summed E-state index contributed by atoms with van der Waals surface area (Å²) in [5.74, 6) is -0.485. The lowest BCUT2D eigenvalue weighted by Gasteiger charge is -2.30. The van der Waals surface area contributed by atoms with Crippen LogP contribution in [0.3, 0.4) is 0 Å². The molecule has 0 aliphatic carbocycles. The molecule has 0 aliphatic rings. The third kappa shape index (κ3) is 7.15. The number of halogens is 1. The number of likely N-dealkylation sites (N-methyl/N-ethyl adjacent to an activating group) is 1. The number of hydrogen-bond acceptors (Lipinski definition) is 5. The standard InChI is InChI=1S/C23H30ClN3O4/c1-4-27(5-2)18(11-16-9-7-6-8-10-16)14-26-23(29)17-12-19(24)22(20(13-17)30-3)31-15-21(25)28/h6-10,12-13,18H,4-5,11,14-15H2,1-3H3,(H2,25,28)(H,26,29). The van der Waals surface area contributed by atoms with Gasteiger partial charge in [-0.1, -0.05) is 55.8 Å². The van der Waals surface area contributed by atoms with Gasteiger partial charge in [0.25, 0.3) is 11.8 Å². The number of nitrogens with one attached hydrogen (secondary N) is 1. The van der Waals surface area contributed by atoms with E-state index >= 15 is 0 Å². The first-order valence-corrected chi connectivity index (χ1v) is 10.6. The van der Waals surface area contributed by atoms with Crippen LogP contribution in [0.4, 0.5) is 0 Å². The maximum Gasteiger partial charge on any atom is 0.255 e. The van der Waals surface area contributed by atoms with Gasteiger partial charge >= 0.3 is 0 Å². The summed E-state index contributed by atoms with van der Waals surface area (Å²) < 4.78 is 10.6. The van der Waals surface area contributed by atoms with Gasteiger partial charge < -0.3 is 20.5 Å². The molecule has 168 valence electrons. The Bertz CT molecular complexity index is 873. The van der Waals surface area contributed by atoms with Crippen LogP contribution in [0.1, 0.15) is 29.8 Å². The maximum atomic E-state index is 12.8. The summed E-state index contributed by atoms with van der Waals surface area (Å²) in [4.78, 5) is 26.1. The Morgan fingerprint density at radius 2 is 1.84 bits per heavy atom. The minimum atomic E-state index is -0.638. The summed E-state index contributed by atoms with van der Waals surface area (Å²) in [6, 6.07) is 13.4. The van der Waals surface area contributed by atoms with Crippen LogP contribution >= 0.6 is 11.6 Å². The topological polar surface area (TPSA) is 93.9 Å². The molecule has 8 heteroatoms. The predicted molar refractivity (Wildman–Crippen MR) is 122 cm³/mol. The summed E-state index contributed by atoms with van der Waals surface area (Å²) in [5, 5.41) is 3.17. The molecule has 0 radical (unpaired) electrons. The van der Waals surface area contributed by atoms with Gasteiger partial charge in [0.15, 0.2) is 18.1 Å². The molecule has 2 rings (SSSR count). The molecular formula is C23H30ClN3O4. The average Bonchev–Trinajstić information content (AvgIpc) is 2.77. The quantitative estimate of drug-likeness (QED) is 0.521. The Morgan fingerprint density at radius 3 is 2.42 bits per heavy atom.